The van der Waals surface area contributed by atoms with Gasteiger partial charge in [0.15, 0.2) is 0 Å². The molecule has 2 unspecified atom stereocenters. The zero-order valence-electron chi connectivity index (χ0n) is 13.3. The van der Waals surface area contributed by atoms with Gasteiger partial charge in [0, 0.05) is 18.7 Å². The van der Waals surface area contributed by atoms with Crippen LogP contribution in [-0.2, 0) is 9.53 Å². The van der Waals surface area contributed by atoms with E-state index in [2.05, 4.69) is 6.07 Å². The van der Waals surface area contributed by atoms with Crippen molar-refractivity contribution in [3.63, 3.8) is 0 Å². The van der Waals surface area contributed by atoms with Crippen LogP contribution in [0.4, 0.5) is 10.1 Å². The van der Waals surface area contributed by atoms with Crippen molar-refractivity contribution in [2.24, 2.45) is 5.92 Å². The highest BCUT2D eigenvalue weighted by Crippen LogP contribution is 2.29. The van der Waals surface area contributed by atoms with E-state index in [9.17, 15) is 14.0 Å². The van der Waals surface area contributed by atoms with E-state index >= 15 is 0 Å². The smallest absolute Gasteiger partial charge is 0.341 e. The van der Waals surface area contributed by atoms with Gasteiger partial charge in [-0.15, -0.1) is 0 Å². The maximum atomic E-state index is 14.1. The molecule has 2 atom stereocenters. The lowest BCUT2D eigenvalue weighted by molar-refractivity contribution is -0.117. The molecule has 0 bridgehead atoms. The minimum atomic E-state index is -0.770. The van der Waals surface area contributed by atoms with E-state index in [1.54, 1.807) is 4.90 Å². The molecule has 1 aromatic carbocycles. The number of hydrogen-bond acceptors (Lipinski definition) is 4. The van der Waals surface area contributed by atoms with E-state index in [4.69, 9.17) is 10.00 Å². The maximum absolute atomic E-state index is 14.1. The molecule has 0 spiro atoms. The Bertz CT molecular complexity index is 698. The van der Waals surface area contributed by atoms with Gasteiger partial charge >= 0.3 is 5.97 Å². The van der Waals surface area contributed by atoms with Crippen LogP contribution in [0.1, 0.15) is 48.9 Å². The van der Waals surface area contributed by atoms with Gasteiger partial charge in [-0.3, -0.25) is 4.79 Å². The Labute approximate surface area is 140 Å². The molecule has 3 rings (SSSR count). The highest BCUT2D eigenvalue weighted by Gasteiger charge is 2.30. The Kier molecular flexibility index (Phi) is 4.79. The van der Waals surface area contributed by atoms with Crippen LogP contribution in [0, 0.1) is 23.1 Å². The van der Waals surface area contributed by atoms with Crippen LogP contribution < -0.4 is 4.90 Å². The minimum absolute atomic E-state index is 0.0299. The first-order valence-electron chi connectivity index (χ1n) is 8.30. The monoisotopic (exact) mass is 330 g/mol. The fourth-order valence-corrected chi connectivity index (χ4v) is 3.35. The number of ether oxygens (including phenoxy) is 1. The van der Waals surface area contributed by atoms with Crippen LogP contribution in [-0.4, -0.2) is 24.5 Å². The second-order valence-corrected chi connectivity index (χ2v) is 6.28. The van der Waals surface area contributed by atoms with Gasteiger partial charge in [-0.2, -0.15) is 5.26 Å². The molecular formula is C18H19FN2O3. The van der Waals surface area contributed by atoms with E-state index in [-0.39, 0.29) is 17.4 Å². The summed E-state index contributed by atoms with van der Waals surface area (Å²) in [6.07, 6.45) is 3.86. The fraction of sp³-hybridized carbons (Fsp3) is 0.500. The van der Waals surface area contributed by atoms with Crippen LogP contribution in [0.3, 0.4) is 0 Å². The molecule has 126 valence electrons. The molecule has 1 heterocycles. The predicted molar refractivity (Wildman–Crippen MR) is 84.8 cm³/mol. The Morgan fingerprint density at radius 3 is 2.79 bits per heavy atom. The van der Waals surface area contributed by atoms with Crippen molar-refractivity contribution in [1.29, 1.82) is 5.26 Å². The number of anilines is 1. The molecule has 6 heteroatoms. The number of nitrogens with zero attached hydrogens (tertiary/aromatic N) is 2. The van der Waals surface area contributed by atoms with Gasteiger partial charge in [0.2, 0.25) is 5.91 Å². The first kappa shape index (κ1) is 16.4. The topological polar surface area (TPSA) is 70.4 Å². The normalized spacial score (nSPS) is 23.8. The summed E-state index contributed by atoms with van der Waals surface area (Å²) in [5.41, 5.74) is 0.320. The lowest BCUT2D eigenvalue weighted by atomic mass is 9.87. The number of benzene rings is 1. The third kappa shape index (κ3) is 3.25. The van der Waals surface area contributed by atoms with Gasteiger partial charge in [0.25, 0.3) is 0 Å². The molecule has 1 amide bonds. The summed E-state index contributed by atoms with van der Waals surface area (Å²) in [5.74, 6) is -1.82. The molecule has 0 N–H and O–H groups in total. The van der Waals surface area contributed by atoms with Crippen molar-refractivity contribution < 1.29 is 18.7 Å². The number of carbonyl (C=O) groups excluding carboxylic acids is 2. The zero-order chi connectivity index (χ0) is 17.1. The number of carbonyl (C=O) groups is 2. The molecule has 1 aliphatic carbocycles. The second kappa shape index (κ2) is 7.00. The van der Waals surface area contributed by atoms with Crippen LogP contribution in [0.5, 0.6) is 0 Å². The number of halogens is 1. The molecule has 5 nitrogen and oxygen atoms in total. The summed E-state index contributed by atoms with van der Waals surface area (Å²) in [6, 6.07) is 6.20. The van der Waals surface area contributed by atoms with Crippen molar-refractivity contribution in [2.45, 2.75) is 44.6 Å². The van der Waals surface area contributed by atoms with Gasteiger partial charge in [-0.05, 0) is 43.9 Å². The van der Waals surface area contributed by atoms with Crippen molar-refractivity contribution in [3.05, 3.63) is 29.6 Å². The average Bonchev–Trinajstić information content (AvgIpc) is 3.02. The number of rotatable bonds is 3. The van der Waals surface area contributed by atoms with Crippen LogP contribution in [0.15, 0.2) is 18.2 Å². The molecule has 0 aromatic heterocycles. The molecular weight excluding hydrogens is 311 g/mol. The van der Waals surface area contributed by atoms with Crippen LogP contribution >= 0.6 is 0 Å². The molecule has 0 radical (unpaired) electrons. The summed E-state index contributed by atoms with van der Waals surface area (Å²) in [4.78, 5) is 25.7. The summed E-state index contributed by atoms with van der Waals surface area (Å²) in [5, 5.41) is 9.16. The third-order valence-electron chi connectivity index (χ3n) is 4.68. The largest absolute Gasteiger partial charge is 0.457 e. The molecule has 2 fully saturated rings. The Morgan fingerprint density at radius 2 is 2.08 bits per heavy atom. The molecule has 1 saturated carbocycles. The third-order valence-corrected chi connectivity index (χ3v) is 4.68. The highest BCUT2D eigenvalue weighted by atomic mass is 19.1. The van der Waals surface area contributed by atoms with Crippen LogP contribution in [0.2, 0.25) is 0 Å². The molecule has 1 aliphatic heterocycles. The molecule has 1 saturated heterocycles. The van der Waals surface area contributed by atoms with E-state index in [0.717, 1.165) is 19.3 Å². The average molecular weight is 330 g/mol. The SMILES string of the molecule is N#CC1CCCCC1OC(=O)c1cc(N2CCCC2=O)ccc1F. The molecule has 2 aliphatic rings. The standard InChI is InChI=1S/C18H19FN2O3/c19-15-8-7-13(21-9-3-6-17(21)22)10-14(15)18(23)24-16-5-2-1-4-12(16)11-20/h7-8,10,12,16H,1-6,9H2. The van der Waals surface area contributed by atoms with E-state index in [0.29, 0.717) is 31.5 Å². The van der Waals surface area contributed by atoms with Crippen LogP contribution in [0.25, 0.3) is 0 Å². The first-order valence-corrected chi connectivity index (χ1v) is 8.30. The van der Waals surface area contributed by atoms with Gasteiger partial charge in [0.05, 0.1) is 17.6 Å². The second-order valence-electron chi connectivity index (χ2n) is 6.28. The van der Waals surface area contributed by atoms with Crippen molar-refractivity contribution in [3.8, 4) is 6.07 Å². The zero-order valence-corrected chi connectivity index (χ0v) is 13.3. The van der Waals surface area contributed by atoms with E-state index in [1.165, 1.54) is 18.2 Å². The number of hydrogen-bond donors (Lipinski definition) is 0. The summed E-state index contributed by atoms with van der Waals surface area (Å²) in [7, 11) is 0. The van der Waals surface area contributed by atoms with Crippen molar-refractivity contribution in [2.75, 3.05) is 11.4 Å². The van der Waals surface area contributed by atoms with Gasteiger partial charge in [-0.25, -0.2) is 9.18 Å². The predicted octanol–water partition coefficient (Wildman–Crippen LogP) is 3.19. The summed E-state index contributed by atoms with van der Waals surface area (Å²) < 4.78 is 19.5. The lowest BCUT2D eigenvalue weighted by Gasteiger charge is -2.26. The fourth-order valence-electron chi connectivity index (χ4n) is 3.35. The Hall–Kier alpha value is -2.42. The van der Waals surface area contributed by atoms with Gasteiger partial charge < -0.3 is 9.64 Å². The minimum Gasteiger partial charge on any atom is -0.457 e. The lowest BCUT2D eigenvalue weighted by Crippen LogP contribution is -2.30. The number of esters is 1. The molecule has 1 aromatic rings. The molecule has 24 heavy (non-hydrogen) atoms. The Morgan fingerprint density at radius 1 is 1.29 bits per heavy atom. The van der Waals surface area contributed by atoms with E-state index in [1.807, 2.05) is 0 Å². The quantitative estimate of drug-likeness (QED) is 0.798. The van der Waals surface area contributed by atoms with Crippen molar-refractivity contribution in [1.82, 2.24) is 0 Å². The van der Waals surface area contributed by atoms with E-state index < -0.39 is 17.9 Å². The number of nitriles is 1. The number of amides is 1. The van der Waals surface area contributed by atoms with Crippen molar-refractivity contribution >= 4 is 17.6 Å². The maximum Gasteiger partial charge on any atom is 0.341 e. The first-order chi connectivity index (χ1) is 11.6. The van der Waals surface area contributed by atoms with Gasteiger partial charge in [-0.1, -0.05) is 6.42 Å². The highest BCUT2D eigenvalue weighted by molar-refractivity contribution is 5.97. The van der Waals surface area contributed by atoms with Gasteiger partial charge in [0.1, 0.15) is 11.9 Å². The summed E-state index contributed by atoms with van der Waals surface area (Å²) in [6.45, 7) is 0.568. The summed E-state index contributed by atoms with van der Waals surface area (Å²) >= 11 is 0. The Balaban J connectivity index is 1.79.